The highest BCUT2D eigenvalue weighted by Crippen LogP contribution is 2.25. The second kappa shape index (κ2) is 7.48. The Kier molecular flexibility index (Phi) is 4.82. The Balaban J connectivity index is 1.33. The van der Waals surface area contributed by atoms with Crippen molar-refractivity contribution in [3.8, 4) is 0 Å². The molecule has 0 saturated heterocycles. The van der Waals surface area contributed by atoms with Crippen LogP contribution in [0.5, 0.6) is 0 Å². The second-order valence-corrected chi connectivity index (χ2v) is 6.88. The number of carbonyl (C=O) groups is 6. The van der Waals surface area contributed by atoms with Crippen LogP contribution in [0.25, 0.3) is 0 Å². The van der Waals surface area contributed by atoms with Gasteiger partial charge in [-0.2, -0.15) is 0 Å². The van der Waals surface area contributed by atoms with Gasteiger partial charge in [-0.05, 0) is 30.3 Å². The first-order valence-electron chi connectivity index (χ1n) is 9.15. The van der Waals surface area contributed by atoms with E-state index in [1.54, 1.807) is 12.1 Å². The summed E-state index contributed by atoms with van der Waals surface area (Å²) in [6.45, 7) is -1.28. The van der Waals surface area contributed by atoms with Crippen LogP contribution in [0, 0.1) is 0 Å². The molecule has 10 nitrogen and oxygen atoms in total. The lowest BCUT2D eigenvalue weighted by Gasteiger charge is -2.13. The van der Waals surface area contributed by atoms with E-state index in [2.05, 4.69) is 5.32 Å². The highest BCUT2D eigenvalue weighted by Gasteiger charge is 2.37. The minimum absolute atomic E-state index is 0.160. The number of imide groups is 2. The normalized spacial score (nSPS) is 14.6. The van der Waals surface area contributed by atoms with E-state index in [1.807, 2.05) is 0 Å². The molecule has 5 amide bonds. The summed E-state index contributed by atoms with van der Waals surface area (Å²) in [5.41, 5.74) is 1.05. The molecule has 2 aromatic carbocycles. The first-order valence-corrected chi connectivity index (χ1v) is 9.15. The van der Waals surface area contributed by atoms with Gasteiger partial charge in [0.25, 0.3) is 29.5 Å². The SMILES string of the molecule is CN1C(=O)c2ccc(NC(=O)COC(=O)CN3C(=O)c4ccccc4C3=O)cc2C1=O. The molecule has 0 radical (unpaired) electrons. The van der Waals surface area contributed by atoms with Gasteiger partial charge in [0.2, 0.25) is 0 Å². The molecule has 0 saturated carbocycles. The van der Waals surface area contributed by atoms with Crippen molar-refractivity contribution >= 4 is 41.2 Å². The standard InChI is InChI=1S/C21H15N3O7/c1-23-18(27)14-7-6-11(8-15(14)19(23)28)22-16(25)10-31-17(26)9-24-20(29)12-4-2-3-5-13(12)21(24)30/h2-8H,9-10H2,1H3,(H,22,25). The van der Waals surface area contributed by atoms with Gasteiger partial charge < -0.3 is 10.1 Å². The zero-order valence-electron chi connectivity index (χ0n) is 16.2. The number of amides is 5. The Labute approximate surface area is 175 Å². The van der Waals surface area contributed by atoms with E-state index in [9.17, 15) is 28.8 Å². The Morgan fingerprint density at radius 3 is 2.06 bits per heavy atom. The maximum absolute atomic E-state index is 12.3. The quantitative estimate of drug-likeness (QED) is 0.555. The van der Waals surface area contributed by atoms with Crippen molar-refractivity contribution in [2.75, 3.05) is 25.5 Å². The van der Waals surface area contributed by atoms with Crippen molar-refractivity contribution in [1.82, 2.24) is 9.80 Å². The van der Waals surface area contributed by atoms with E-state index in [0.717, 1.165) is 9.80 Å². The van der Waals surface area contributed by atoms with Crippen LogP contribution < -0.4 is 5.32 Å². The second-order valence-electron chi connectivity index (χ2n) is 6.88. The number of nitrogens with zero attached hydrogens (tertiary/aromatic N) is 2. The van der Waals surface area contributed by atoms with Gasteiger partial charge in [-0.1, -0.05) is 12.1 Å². The number of hydrogen-bond acceptors (Lipinski definition) is 7. The van der Waals surface area contributed by atoms with Gasteiger partial charge in [0, 0.05) is 12.7 Å². The summed E-state index contributed by atoms with van der Waals surface area (Å²) in [5.74, 6) is -3.75. The van der Waals surface area contributed by atoms with Crippen molar-refractivity contribution in [3.05, 3.63) is 64.7 Å². The first-order chi connectivity index (χ1) is 14.8. The fourth-order valence-corrected chi connectivity index (χ4v) is 3.34. The molecule has 156 valence electrons. The minimum Gasteiger partial charge on any atom is -0.454 e. The molecule has 31 heavy (non-hydrogen) atoms. The maximum atomic E-state index is 12.3. The van der Waals surface area contributed by atoms with Crippen LogP contribution in [0.3, 0.4) is 0 Å². The number of benzene rings is 2. The van der Waals surface area contributed by atoms with Crippen LogP contribution in [0.2, 0.25) is 0 Å². The summed E-state index contributed by atoms with van der Waals surface area (Å²) in [4.78, 5) is 74.2. The van der Waals surface area contributed by atoms with Gasteiger partial charge in [-0.15, -0.1) is 0 Å². The molecule has 0 fully saturated rings. The van der Waals surface area contributed by atoms with Gasteiger partial charge >= 0.3 is 5.97 Å². The Morgan fingerprint density at radius 2 is 1.42 bits per heavy atom. The number of nitrogens with one attached hydrogen (secondary N) is 1. The Bertz CT molecular complexity index is 1150. The molecule has 0 spiro atoms. The minimum atomic E-state index is -0.930. The molecule has 4 rings (SSSR count). The van der Waals surface area contributed by atoms with Crippen LogP contribution in [0.1, 0.15) is 41.4 Å². The number of anilines is 1. The number of carbonyl (C=O) groups excluding carboxylic acids is 6. The highest BCUT2D eigenvalue weighted by molar-refractivity contribution is 6.22. The molecule has 0 unspecified atom stereocenters. The van der Waals surface area contributed by atoms with Crippen LogP contribution >= 0.6 is 0 Å². The van der Waals surface area contributed by atoms with E-state index in [0.29, 0.717) is 0 Å². The smallest absolute Gasteiger partial charge is 0.326 e. The summed E-state index contributed by atoms with van der Waals surface area (Å²) in [6, 6.07) is 10.4. The topological polar surface area (TPSA) is 130 Å². The van der Waals surface area contributed by atoms with Gasteiger partial charge in [0.15, 0.2) is 6.61 Å². The third-order valence-electron chi connectivity index (χ3n) is 4.90. The monoisotopic (exact) mass is 421 g/mol. The molecule has 2 heterocycles. The lowest BCUT2D eigenvalue weighted by Crippen LogP contribution is -2.36. The third-order valence-corrected chi connectivity index (χ3v) is 4.90. The number of fused-ring (bicyclic) bond motifs is 2. The zero-order chi connectivity index (χ0) is 22.3. The highest BCUT2D eigenvalue weighted by atomic mass is 16.5. The molecular formula is C21H15N3O7. The largest absolute Gasteiger partial charge is 0.454 e. The van der Waals surface area contributed by atoms with Crippen molar-refractivity contribution in [2.45, 2.75) is 0 Å². The summed E-state index contributed by atoms with van der Waals surface area (Å²) < 4.78 is 4.85. The van der Waals surface area contributed by atoms with Crippen LogP contribution in [0.4, 0.5) is 5.69 Å². The number of rotatable bonds is 5. The third kappa shape index (κ3) is 3.44. The molecule has 10 heteroatoms. The predicted molar refractivity (Wildman–Crippen MR) is 104 cm³/mol. The molecule has 2 aliphatic rings. The van der Waals surface area contributed by atoms with E-state index in [1.165, 1.54) is 37.4 Å². The van der Waals surface area contributed by atoms with Crippen molar-refractivity contribution < 1.29 is 33.5 Å². The number of esters is 1. The average Bonchev–Trinajstić information content (AvgIpc) is 3.13. The summed E-state index contributed by atoms with van der Waals surface area (Å²) in [6.07, 6.45) is 0. The Hall–Kier alpha value is -4.34. The zero-order valence-corrected chi connectivity index (χ0v) is 16.2. The lowest BCUT2D eigenvalue weighted by atomic mass is 10.1. The molecule has 2 aliphatic heterocycles. The maximum Gasteiger partial charge on any atom is 0.326 e. The summed E-state index contributed by atoms with van der Waals surface area (Å²) in [5, 5.41) is 2.46. The first kappa shape index (κ1) is 20.0. The van der Waals surface area contributed by atoms with E-state index in [-0.39, 0.29) is 27.9 Å². The number of hydrogen-bond donors (Lipinski definition) is 1. The van der Waals surface area contributed by atoms with E-state index < -0.39 is 48.7 Å². The van der Waals surface area contributed by atoms with Gasteiger partial charge in [0.1, 0.15) is 6.54 Å². The van der Waals surface area contributed by atoms with Crippen LogP contribution in [-0.4, -0.2) is 65.5 Å². The van der Waals surface area contributed by atoms with Crippen molar-refractivity contribution in [1.29, 1.82) is 0 Å². The van der Waals surface area contributed by atoms with Crippen molar-refractivity contribution in [3.63, 3.8) is 0 Å². The van der Waals surface area contributed by atoms with Gasteiger partial charge in [-0.3, -0.25) is 38.6 Å². The van der Waals surface area contributed by atoms with E-state index >= 15 is 0 Å². The molecule has 0 aromatic heterocycles. The van der Waals surface area contributed by atoms with Crippen LogP contribution in [0.15, 0.2) is 42.5 Å². The molecular weight excluding hydrogens is 406 g/mol. The van der Waals surface area contributed by atoms with Crippen molar-refractivity contribution in [2.24, 2.45) is 0 Å². The van der Waals surface area contributed by atoms with Crippen LogP contribution in [-0.2, 0) is 14.3 Å². The lowest BCUT2D eigenvalue weighted by molar-refractivity contribution is -0.147. The predicted octanol–water partition coefficient (Wildman–Crippen LogP) is 0.690. The molecule has 0 aliphatic carbocycles. The average molecular weight is 421 g/mol. The number of ether oxygens (including phenoxy) is 1. The molecule has 0 atom stereocenters. The van der Waals surface area contributed by atoms with Gasteiger partial charge in [0.05, 0.1) is 22.3 Å². The molecule has 1 N–H and O–H groups in total. The fraction of sp³-hybridized carbons (Fsp3) is 0.143. The summed E-state index contributed by atoms with van der Waals surface area (Å²) in [7, 11) is 1.36. The van der Waals surface area contributed by atoms with Gasteiger partial charge in [-0.25, -0.2) is 0 Å². The van der Waals surface area contributed by atoms with E-state index in [4.69, 9.17) is 4.74 Å². The summed E-state index contributed by atoms with van der Waals surface area (Å²) >= 11 is 0. The molecule has 2 aromatic rings. The Morgan fingerprint density at radius 1 is 0.839 bits per heavy atom. The fourth-order valence-electron chi connectivity index (χ4n) is 3.34. The molecule has 0 bridgehead atoms.